The van der Waals surface area contributed by atoms with E-state index in [1.807, 2.05) is 41.6 Å². The molecule has 0 bridgehead atoms. The Kier molecular flexibility index (Phi) is 7.51. The monoisotopic (exact) mass is 539 g/mol. The number of carbonyl (C=O) groups is 1. The fourth-order valence-corrected chi connectivity index (χ4v) is 5.35. The first kappa shape index (κ1) is 26.3. The highest BCUT2D eigenvalue weighted by molar-refractivity contribution is 5.77. The summed E-state index contributed by atoms with van der Waals surface area (Å²) in [6.07, 6.45) is 7.93. The Balaban J connectivity index is 1.11. The SMILES string of the molecule is CC(C)CC(=O)N1CCCC1c1ncc(-c2ccc(-c3ccc(C#Cc4ccc(-c5cnc[nH]5)cc4)cc3)cc2)[nH]1. The van der Waals surface area contributed by atoms with E-state index in [1.165, 1.54) is 0 Å². The summed E-state index contributed by atoms with van der Waals surface area (Å²) in [7, 11) is 0. The van der Waals surface area contributed by atoms with Crippen LogP contribution in [0, 0.1) is 17.8 Å². The van der Waals surface area contributed by atoms with E-state index in [9.17, 15) is 4.79 Å². The Morgan fingerprint density at radius 2 is 1.44 bits per heavy atom. The molecule has 6 rings (SSSR count). The molecule has 2 aromatic heterocycles. The zero-order valence-corrected chi connectivity index (χ0v) is 23.4. The summed E-state index contributed by atoms with van der Waals surface area (Å²) in [5.74, 6) is 7.97. The number of aromatic nitrogens is 4. The number of H-pyrrole nitrogens is 2. The van der Waals surface area contributed by atoms with E-state index in [0.29, 0.717) is 12.3 Å². The molecule has 1 unspecified atom stereocenters. The Morgan fingerprint density at radius 3 is 2.05 bits per heavy atom. The fourth-order valence-electron chi connectivity index (χ4n) is 5.35. The molecule has 1 fully saturated rings. The second-order valence-electron chi connectivity index (χ2n) is 11.0. The molecule has 1 amide bonds. The van der Waals surface area contributed by atoms with Gasteiger partial charge in [0.05, 0.1) is 36.2 Å². The van der Waals surface area contributed by atoms with Crippen molar-refractivity contribution in [1.29, 1.82) is 0 Å². The number of hydrogen-bond donors (Lipinski definition) is 2. The number of likely N-dealkylation sites (tertiary alicyclic amines) is 1. The molecule has 1 aliphatic heterocycles. The van der Waals surface area contributed by atoms with Crippen LogP contribution in [0.4, 0.5) is 0 Å². The molecule has 6 heteroatoms. The summed E-state index contributed by atoms with van der Waals surface area (Å²) in [6.45, 7) is 4.99. The van der Waals surface area contributed by atoms with Crippen LogP contribution in [0.15, 0.2) is 91.5 Å². The maximum atomic E-state index is 12.7. The van der Waals surface area contributed by atoms with Gasteiger partial charge in [-0.1, -0.05) is 74.2 Å². The third-order valence-corrected chi connectivity index (χ3v) is 7.53. The third-order valence-electron chi connectivity index (χ3n) is 7.53. The summed E-state index contributed by atoms with van der Waals surface area (Å²) in [4.78, 5) is 30.1. The lowest BCUT2D eigenvalue weighted by molar-refractivity contribution is -0.133. The standard InChI is InChI=1S/C35H33N5O/c1-24(2)20-34(41)40-19-3-4-33(40)35-37-22-32(39-35)30-17-15-28(16-18-30)27-11-7-25(8-12-27)5-6-26-9-13-29(14-10-26)31-21-36-23-38-31/h7-18,21-24,33H,3-4,19-20H2,1-2H3,(H,36,38)(H,37,39). The first-order chi connectivity index (χ1) is 20.0. The highest BCUT2D eigenvalue weighted by Gasteiger charge is 2.32. The molecule has 3 heterocycles. The predicted molar refractivity (Wildman–Crippen MR) is 163 cm³/mol. The van der Waals surface area contributed by atoms with Crippen LogP contribution < -0.4 is 0 Å². The lowest BCUT2D eigenvalue weighted by atomic mass is 10.0. The Bertz CT molecular complexity index is 1670. The van der Waals surface area contributed by atoms with Crippen molar-refractivity contribution in [3.8, 4) is 45.5 Å². The lowest BCUT2D eigenvalue weighted by Crippen LogP contribution is -2.31. The van der Waals surface area contributed by atoms with E-state index in [4.69, 9.17) is 0 Å². The smallest absolute Gasteiger partial charge is 0.223 e. The molecule has 204 valence electrons. The van der Waals surface area contributed by atoms with Crippen molar-refractivity contribution >= 4 is 5.91 Å². The van der Waals surface area contributed by atoms with Gasteiger partial charge >= 0.3 is 0 Å². The Labute approximate surface area is 240 Å². The van der Waals surface area contributed by atoms with Gasteiger partial charge in [0, 0.05) is 24.1 Å². The van der Waals surface area contributed by atoms with Gasteiger partial charge < -0.3 is 14.9 Å². The molecule has 1 saturated heterocycles. The predicted octanol–water partition coefficient (Wildman–Crippen LogP) is 7.24. The number of rotatable bonds is 6. The van der Waals surface area contributed by atoms with E-state index in [2.05, 4.69) is 94.2 Å². The number of nitrogens with zero attached hydrogens (tertiary/aromatic N) is 3. The Hall–Kier alpha value is -4.89. The van der Waals surface area contributed by atoms with Crippen LogP contribution >= 0.6 is 0 Å². The zero-order chi connectivity index (χ0) is 28.2. The summed E-state index contributed by atoms with van der Waals surface area (Å²) >= 11 is 0. The van der Waals surface area contributed by atoms with Gasteiger partial charge in [-0.25, -0.2) is 9.97 Å². The first-order valence-electron chi connectivity index (χ1n) is 14.2. The normalized spacial score (nSPS) is 14.7. The van der Waals surface area contributed by atoms with Gasteiger partial charge in [0.25, 0.3) is 0 Å². The fraction of sp³-hybridized carbons (Fsp3) is 0.229. The van der Waals surface area contributed by atoms with Crippen LogP contribution in [0.2, 0.25) is 0 Å². The molecule has 41 heavy (non-hydrogen) atoms. The zero-order valence-electron chi connectivity index (χ0n) is 23.4. The lowest BCUT2D eigenvalue weighted by Gasteiger charge is -2.24. The summed E-state index contributed by atoms with van der Waals surface area (Å²) in [5.41, 5.74) is 8.35. The van der Waals surface area contributed by atoms with Crippen LogP contribution in [-0.2, 0) is 4.79 Å². The van der Waals surface area contributed by atoms with Crippen LogP contribution in [0.25, 0.3) is 33.6 Å². The van der Waals surface area contributed by atoms with Crippen molar-refractivity contribution in [3.05, 3.63) is 108 Å². The van der Waals surface area contributed by atoms with Crippen molar-refractivity contribution in [2.75, 3.05) is 6.54 Å². The number of carbonyl (C=O) groups excluding carboxylic acids is 1. The summed E-state index contributed by atoms with van der Waals surface area (Å²) in [5, 5.41) is 0. The number of amides is 1. The first-order valence-corrected chi connectivity index (χ1v) is 14.2. The molecule has 5 aromatic rings. The number of hydrogen-bond acceptors (Lipinski definition) is 3. The van der Waals surface area contributed by atoms with E-state index < -0.39 is 0 Å². The van der Waals surface area contributed by atoms with Crippen LogP contribution in [0.5, 0.6) is 0 Å². The second kappa shape index (κ2) is 11.7. The van der Waals surface area contributed by atoms with Gasteiger partial charge in [-0.05, 0) is 65.3 Å². The van der Waals surface area contributed by atoms with Gasteiger partial charge in [-0.2, -0.15) is 0 Å². The van der Waals surface area contributed by atoms with Crippen molar-refractivity contribution in [1.82, 2.24) is 24.8 Å². The van der Waals surface area contributed by atoms with Gasteiger partial charge in [0.15, 0.2) is 0 Å². The van der Waals surface area contributed by atoms with Crippen LogP contribution in [0.3, 0.4) is 0 Å². The van der Waals surface area contributed by atoms with Crippen molar-refractivity contribution < 1.29 is 4.79 Å². The minimum absolute atomic E-state index is 0.0391. The van der Waals surface area contributed by atoms with E-state index in [0.717, 1.165) is 70.0 Å². The number of benzene rings is 3. The maximum absolute atomic E-state index is 12.7. The number of imidazole rings is 2. The highest BCUT2D eigenvalue weighted by Crippen LogP contribution is 2.33. The molecule has 0 spiro atoms. The topological polar surface area (TPSA) is 77.7 Å². The minimum atomic E-state index is 0.0391. The van der Waals surface area contributed by atoms with Gasteiger partial charge in [-0.15, -0.1) is 0 Å². The number of nitrogens with one attached hydrogen (secondary N) is 2. The largest absolute Gasteiger partial charge is 0.345 e. The minimum Gasteiger partial charge on any atom is -0.345 e. The third kappa shape index (κ3) is 6.00. The van der Waals surface area contributed by atoms with Crippen LogP contribution in [0.1, 0.15) is 56.1 Å². The highest BCUT2D eigenvalue weighted by atomic mass is 16.2. The second-order valence-corrected chi connectivity index (χ2v) is 11.0. The van der Waals surface area contributed by atoms with Gasteiger partial charge in [-0.3, -0.25) is 4.79 Å². The van der Waals surface area contributed by atoms with Crippen LogP contribution in [-0.4, -0.2) is 37.3 Å². The quantitative estimate of drug-likeness (QED) is 0.223. The van der Waals surface area contributed by atoms with Crippen molar-refractivity contribution in [3.63, 3.8) is 0 Å². The molecule has 0 aliphatic carbocycles. The molecular formula is C35H33N5O. The average molecular weight is 540 g/mol. The maximum Gasteiger partial charge on any atom is 0.223 e. The molecule has 0 saturated carbocycles. The molecule has 0 radical (unpaired) electrons. The van der Waals surface area contributed by atoms with Crippen molar-refractivity contribution in [2.45, 2.75) is 39.2 Å². The molecule has 2 N–H and O–H groups in total. The van der Waals surface area contributed by atoms with E-state index in [-0.39, 0.29) is 11.9 Å². The Morgan fingerprint density at radius 1 is 0.854 bits per heavy atom. The van der Waals surface area contributed by atoms with E-state index in [1.54, 1.807) is 6.33 Å². The summed E-state index contributed by atoms with van der Waals surface area (Å²) < 4.78 is 0. The molecular weight excluding hydrogens is 506 g/mol. The van der Waals surface area contributed by atoms with Gasteiger partial charge in [0.2, 0.25) is 5.91 Å². The van der Waals surface area contributed by atoms with Gasteiger partial charge in [0.1, 0.15) is 5.82 Å². The molecule has 3 aromatic carbocycles. The molecule has 1 atom stereocenters. The average Bonchev–Trinajstić information content (AvgIpc) is 3.78. The number of aromatic amines is 2. The molecule has 1 aliphatic rings. The molecule has 6 nitrogen and oxygen atoms in total. The summed E-state index contributed by atoms with van der Waals surface area (Å²) in [6, 6.07) is 25.0. The van der Waals surface area contributed by atoms with Crippen molar-refractivity contribution in [2.24, 2.45) is 5.92 Å². The van der Waals surface area contributed by atoms with E-state index >= 15 is 0 Å².